The molecule has 4 fully saturated rings. The molecule has 5 rings (SSSR count). The summed E-state index contributed by atoms with van der Waals surface area (Å²) < 4.78 is 0. The van der Waals surface area contributed by atoms with Gasteiger partial charge in [0.05, 0.1) is 6.04 Å². The molecule has 1 aromatic heterocycles. The lowest BCUT2D eigenvalue weighted by Gasteiger charge is -2.40. The lowest BCUT2D eigenvalue weighted by molar-refractivity contribution is -0.147. The highest BCUT2D eigenvalue weighted by Gasteiger charge is 2.51. The van der Waals surface area contributed by atoms with Crippen molar-refractivity contribution < 1.29 is 33.6 Å². The highest BCUT2D eigenvalue weighted by atomic mass is 16.2. The van der Waals surface area contributed by atoms with Crippen LogP contribution in [0.1, 0.15) is 157 Å². The molecule has 0 unspecified atom stereocenters. The maximum Gasteiger partial charge on any atom is 0.289 e. The van der Waals surface area contributed by atoms with Gasteiger partial charge in [0.1, 0.15) is 23.8 Å². The molecule has 1 aliphatic heterocycles. The maximum absolute atomic E-state index is 14.9. The summed E-state index contributed by atoms with van der Waals surface area (Å²) in [5.41, 5.74) is 1.02. The van der Waals surface area contributed by atoms with Crippen LogP contribution in [0.2, 0.25) is 0 Å². The number of H-pyrrole nitrogens is 1. The third-order valence-corrected chi connectivity index (χ3v) is 12.1. The minimum atomic E-state index is -1.03. The van der Waals surface area contributed by atoms with Gasteiger partial charge < -0.3 is 31.2 Å². The number of likely N-dealkylation sites (tertiary alicyclic amines) is 1. The molecule has 0 bridgehead atoms. The fraction of sp³-hybridized carbons (Fsp3) is 0.732. The molecule has 0 spiro atoms. The summed E-state index contributed by atoms with van der Waals surface area (Å²) in [6, 6.07) is -4.03. The molecule has 3 saturated carbocycles. The Morgan fingerprint density at radius 3 is 2.09 bits per heavy atom. The van der Waals surface area contributed by atoms with Gasteiger partial charge in [-0.2, -0.15) is 0 Å². The van der Waals surface area contributed by atoms with E-state index in [1.165, 1.54) is 6.92 Å². The zero-order valence-electron chi connectivity index (χ0n) is 33.3. The number of Topliss-reactive ketones (excluding diaryl/α,β-unsaturated/α-hetero) is 2. The number of carbonyl (C=O) groups excluding carboxylic acids is 7. The summed E-state index contributed by atoms with van der Waals surface area (Å²) >= 11 is 0. The summed E-state index contributed by atoms with van der Waals surface area (Å²) in [6.07, 6.45) is 10.8. The molecule has 0 radical (unpaired) electrons. The SMILES string of the molecule is CCC[C@H](NC(=O)[C@@H]1C[C@@H]2CCCC[C@@H]2N1C(=O)[C@@H](NC(=O)[C@@H](NC(=O)c1[nH]c(C)c(C(C)=O)c1C)C1CCCCC1)C(C)(C)C)C(=O)C(=O)NC1CC1. The van der Waals surface area contributed by atoms with Crippen molar-refractivity contribution in [3.63, 3.8) is 0 Å². The molecule has 13 heteroatoms. The predicted molar refractivity (Wildman–Crippen MR) is 203 cm³/mol. The molecule has 1 saturated heterocycles. The second-order valence-electron chi connectivity index (χ2n) is 17.4. The molecule has 298 valence electrons. The van der Waals surface area contributed by atoms with Crippen molar-refractivity contribution in [3.8, 4) is 0 Å². The van der Waals surface area contributed by atoms with Crippen LogP contribution < -0.4 is 21.3 Å². The molecule has 13 nitrogen and oxygen atoms in total. The first-order valence-corrected chi connectivity index (χ1v) is 20.3. The molecular formula is C41H62N6O7. The average Bonchev–Trinajstić information content (AvgIpc) is 3.77. The van der Waals surface area contributed by atoms with Crippen molar-refractivity contribution >= 4 is 41.1 Å². The van der Waals surface area contributed by atoms with Gasteiger partial charge in [-0.15, -0.1) is 0 Å². The van der Waals surface area contributed by atoms with E-state index in [0.29, 0.717) is 36.1 Å². The molecule has 4 aliphatic rings. The second kappa shape index (κ2) is 17.2. The number of fused-ring (bicyclic) bond motifs is 1. The van der Waals surface area contributed by atoms with Crippen LogP contribution in [0.3, 0.4) is 0 Å². The molecule has 3 aliphatic carbocycles. The Balaban J connectivity index is 1.40. The van der Waals surface area contributed by atoms with Crippen LogP contribution in [-0.4, -0.2) is 87.2 Å². The standard InChI is InChI=1S/C41H62N6O7/c1-8-14-28(34(49)39(53)43-27-19-20-27)44-36(50)30-21-26-17-12-13-18-29(26)47(30)40(54)35(41(5,6)7)46-38(52)33(25-15-10-9-11-16-25)45-37(51)32-22(2)31(24(4)48)23(3)42-32/h25-30,33,35,42H,8-21H2,1-7H3,(H,43,53)(H,44,50)(H,45,51)(H,46,52)/t26-,28-,29-,30-,33-,35+/m0/s1. The van der Waals surface area contributed by atoms with Crippen LogP contribution in [0.5, 0.6) is 0 Å². The molecule has 1 aromatic rings. The number of aryl methyl sites for hydroxylation is 1. The van der Waals surface area contributed by atoms with Crippen molar-refractivity contribution in [1.82, 2.24) is 31.2 Å². The van der Waals surface area contributed by atoms with Gasteiger partial charge in [0.25, 0.3) is 11.8 Å². The molecule has 54 heavy (non-hydrogen) atoms. The Labute approximate surface area is 319 Å². The van der Waals surface area contributed by atoms with Crippen LogP contribution >= 0.6 is 0 Å². The number of nitrogens with zero attached hydrogens (tertiary/aromatic N) is 1. The number of nitrogens with one attached hydrogen (secondary N) is 5. The molecule has 5 amide bonds. The monoisotopic (exact) mass is 750 g/mol. The first kappa shape index (κ1) is 41.1. The van der Waals surface area contributed by atoms with E-state index in [9.17, 15) is 33.6 Å². The van der Waals surface area contributed by atoms with E-state index in [0.717, 1.165) is 70.6 Å². The van der Waals surface area contributed by atoms with Crippen LogP contribution in [0.15, 0.2) is 0 Å². The summed E-state index contributed by atoms with van der Waals surface area (Å²) in [6.45, 7) is 12.4. The molecule has 5 N–H and O–H groups in total. The largest absolute Gasteiger partial charge is 0.354 e. The Kier molecular flexibility index (Phi) is 13.1. The third kappa shape index (κ3) is 9.25. The Morgan fingerprint density at radius 1 is 0.852 bits per heavy atom. The van der Waals surface area contributed by atoms with E-state index in [4.69, 9.17) is 0 Å². The van der Waals surface area contributed by atoms with Gasteiger partial charge in [0.2, 0.25) is 23.5 Å². The number of rotatable bonds is 14. The van der Waals surface area contributed by atoms with Gasteiger partial charge in [0, 0.05) is 23.3 Å². The van der Waals surface area contributed by atoms with Crippen molar-refractivity contribution in [2.45, 2.75) is 175 Å². The average molecular weight is 751 g/mol. The van der Waals surface area contributed by atoms with Crippen molar-refractivity contribution in [2.24, 2.45) is 17.3 Å². The van der Waals surface area contributed by atoms with Gasteiger partial charge in [-0.25, -0.2) is 0 Å². The van der Waals surface area contributed by atoms with Crippen LogP contribution in [0, 0.1) is 31.1 Å². The lowest BCUT2D eigenvalue weighted by Crippen LogP contribution is -2.63. The quantitative estimate of drug-likeness (QED) is 0.138. The number of aromatic nitrogens is 1. The zero-order chi connectivity index (χ0) is 39.5. The molecule has 6 atom stereocenters. The maximum atomic E-state index is 14.9. The Hall–Kier alpha value is -4.03. The first-order valence-electron chi connectivity index (χ1n) is 20.3. The van der Waals surface area contributed by atoms with Gasteiger partial charge in [0.15, 0.2) is 5.78 Å². The zero-order valence-corrected chi connectivity index (χ0v) is 33.3. The molecule has 2 heterocycles. The number of amides is 5. The lowest BCUT2D eigenvalue weighted by atomic mass is 9.81. The van der Waals surface area contributed by atoms with Crippen LogP contribution in [0.25, 0.3) is 0 Å². The van der Waals surface area contributed by atoms with Crippen molar-refractivity contribution in [1.29, 1.82) is 0 Å². The van der Waals surface area contributed by atoms with Crippen LogP contribution in [-0.2, 0) is 24.0 Å². The van der Waals surface area contributed by atoms with E-state index in [2.05, 4.69) is 26.3 Å². The Bertz CT molecular complexity index is 1620. The van der Waals surface area contributed by atoms with Gasteiger partial charge in [-0.1, -0.05) is 66.2 Å². The minimum Gasteiger partial charge on any atom is -0.354 e. The van der Waals surface area contributed by atoms with E-state index in [1.54, 1.807) is 18.7 Å². The number of hydrogen-bond donors (Lipinski definition) is 5. The van der Waals surface area contributed by atoms with Crippen molar-refractivity contribution in [3.05, 3.63) is 22.5 Å². The summed E-state index contributed by atoms with van der Waals surface area (Å²) in [4.78, 5) is 100. The Morgan fingerprint density at radius 2 is 1.50 bits per heavy atom. The minimum absolute atomic E-state index is 0.00226. The van der Waals surface area contributed by atoms with E-state index in [-0.39, 0.29) is 41.3 Å². The fourth-order valence-electron chi connectivity index (χ4n) is 9.09. The summed E-state index contributed by atoms with van der Waals surface area (Å²) in [5.74, 6) is -3.38. The second-order valence-corrected chi connectivity index (χ2v) is 17.4. The summed E-state index contributed by atoms with van der Waals surface area (Å²) in [7, 11) is 0. The number of aromatic amines is 1. The molecular weight excluding hydrogens is 688 g/mol. The predicted octanol–water partition coefficient (Wildman–Crippen LogP) is 4.34. The van der Waals surface area contributed by atoms with Crippen molar-refractivity contribution in [2.75, 3.05) is 0 Å². The van der Waals surface area contributed by atoms with Crippen LogP contribution in [0.4, 0.5) is 0 Å². The number of ketones is 2. The molecule has 0 aromatic carbocycles. The smallest absolute Gasteiger partial charge is 0.289 e. The number of carbonyl (C=O) groups is 7. The van der Waals surface area contributed by atoms with E-state index >= 15 is 0 Å². The summed E-state index contributed by atoms with van der Waals surface area (Å²) in [5, 5.41) is 11.6. The van der Waals surface area contributed by atoms with Gasteiger partial charge in [-0.3, -0.25) is 33.6 Å². The van der Waals surface area contributed by atoms with E-state index in [1.807, 2.05) is 27.7 Å². The van der Waals surface area contributed by atoms with Gasteiger partial charge in [-0.05, 0) is 95.0 Å². The number of hydrogen-bond acceptors (Lipinski definition) is 7. The fourth-order valence-corrected chi connectivity index (χ4v) is 9.09. The first-order chi connectivity index (χ1) is 25.5. The topological polar surface area (TPSA) is 187 Å². The highest BCUT2D eigenvalue weighted by molar-refractivity contribution is 6.38. The van der Waals surface area contributed by atoms with Gasteiger partial charge >= 0.3 is 0 Å². The van der Waals surface area contributed by atoms with E-state index < -0.39 is 59.0 Å². The normalized spacial score (nSPS) is 23.4. The highest BCUT2D eigenvalue weighted by Crippen LogP contribution is 2.41. The third-order valence-electron chi connectivity index (χ3n) is 12.1.